The SMILES string of the molecule is C=CC(=O)NCCC[Si](OC(C)C)(OC(C)C)OC(C)C. The summed E-state index contributed by atoms with van der Waals surface area (Å²) in [6.45, 7) is 15.9. The maximum Gasteiger partial charge on any atom is 0.501 e. The maximum atomic E-state index is 11.2. The summed E-state index contributed by atoms with van der Waals surface area (Å²) < 4.78 is 18.2. The zero-order chi connectivity index (χ0) is 16.5. The molecule has 0 spiro atoms. The van der Waals surface area contributed by atoms with E-state index in [9.17, 15) is 4.79 Å². The minimum absolute atomic E-state index is 0.0388. The predicted molar refractivity (Wildman–Crippen MR) is 87.0 cm³/mol. The van der Waals surface area contributed by atoms with E-state index in [4.69, 9.17) is 13.3 Å². The van der Waals surface area contributed by atoms with Crippen LogP contribution in [0.15, 0.2) is 12.7 Å². The van der Waals surface area contributed by atoms with Crippen LogP contribution in [0.1, 0.15) is 48.0 Å². The summed E-state index contributed by atoms with van der Waals surface area (Å²) in [5, 5.41) is 2.76. The predicted octanol–water partition coefficient (Wildman–Crippen LogP) is 2.89. The lowest BCUT2D eigenvalue weighted by Gasteiger charge is -2.34. The highest BCUT2D eigenvalue weighted by molar-refractivity contribution is 6.60. The van der Waals surface area contributed by atoms with Gasteiger partial charge in [-0.3, -0.25) is 4.79 Å². The summed E-state index contributed by atoms with van der Waals surface area (Å²) in [7, 11) is -2.74. The molecule has 0 aromatic rings. The summed E-state index contributed by atoms with van der Waals surface area (Å²) in [6.07, 6.45) is 2.13. The second-order valence-corrected chi connectivity index (χ2v) is 8.35. The van der Waals surface area contributed by atoms with Gasteiger partial charge in [0.25, 0.3) is 0 Å². The molecule has 0 aliphatic carbocycles. The van der Waals surface area contributed by atoms with Crippen LogP contribution in [0.25, 0.3) is 0 Å². The first-order chi connectivity index (χ1) is 9.70. The first-order valence-corrected chi connectivity index (χ1v) is 9.57. The van der Waals surface area contributed by atoms with E-state index in [1.165, 1.54) is 6.08 Å². The third-order valence-corrected chi connectivity index (χ3v) is 5.85. The van der Waals surface area contributed by atoms with Crippen LogP contribution in [0.2, 0.25) is 6.04 Å². The summed E-state index contributed by atoms with van der Waals surface area (Å²) in [4.78, 5) is 11.2. The molecule has 0 saturated heterocycles. The summed E-state index contributed by atoms with van der Waals surface area (Å²) >= 11 is 0. The van der Waals surface area contributed by atoms with Crippen molar-refractivity contribution in [2.24, 2.45) is 0 Å². The van der Waals surface area contributed by atoms with E-state index in [0.29, 0.717) is 12.6 Å². The molecule has 0 aromatic carbocycles. The van der Waals surface area contributed by atoms with Gasteiger partial charge in [0.15, 0.2) is 0 Å². The van der Waals surface area contributed by atoms with E-state index < -0.39 is 8.80 Å². The van der Waals surface area contributed by atoms with E-state index >= 15 is 0 Å². The summed E-state index contributed by atoms with van der Waals surface area (Å²) in [5.74, 6) is -0.165. The number of hydrogen-bond acceptors (Lipinski definition) is 4. The molecule has 0 fully saturated rings. The third kappa shape index (κ3) is 9.79. The van der Waals surface area contributed by atoms with Gasteiger partial charge < -0.3 is 18.6 Å². The Hall–Kier alpha value is -0.693. The van der Waals surface area contributed by atoms with Gasteiger partial charge in [-0.25, -0.2) is 0 Å². The highest BCUT2D eigenvalue weighted by Gasteiger charge is 2.43. The van der Waals surface area contributed by atoms with Crippen molar-refractivity contribution >= 4 is 14.7 Å². The van der Waals surface area contributed by atoms with Gasteiger partial charge in [0.05, 0.1) is 0 Å². The van der Waals surface area contributed by atoms with Crippen molar-refractivity contribution in [2.75, 3.05) is 6.54 Å². The molecule has 124 valence electrons. The maximum absolute atomic E-state index is 11.2. The molecule has 0 atom stereocenters. The molecule has 0 heterocycles. The van der Waals surface area contributed by atoms with Crippen molar-refractivity contribution in [3.8, 4) is 0 Å². The normalized spacial score (nSPS) is 12.2. The van der Waals surface area contributed by atoms with Crippen LogP contribution in [0.5, 0.6) is 0 Å². The van der Waals surface area contributed by atoms with E-state index in [0.717, 1.165) is 6.42 Å². The molecule has 6 heteroatoms. The zero-order valence-corrected chi connectivity index (χ0v) is 15.3. The monoisotopic (exact) mass is 317 g/mol. The number of hydrogen-bond donors (Lipinski definition) is 1. The van der Waals surface area contributed by atoms with Crippen molar-refractivity contribution in [1.29, 1.82) is 0 Å². The Bertz CT molecular complexity index is 292. The lowest BCUT2D eigenvalue weighted by atomic mass is 10.4. The molecule has 0 aromatic heterocycles. The molecule has 0 rings (SSSR count). The van der Waals surface area contributed by atoms with Crippen molar-refractivity contribution < 1.29 is 18.1 Å². The molecule has 21 heavy (non-hydrogen) atoms. The van der Waals surface area contributed by atoms with Crippen LogP contribution in [0.3, 0.4) is 0 Å². The number of amides is 1. The van der Waals surface area contributed by atoms with Crippen molar-refractivity contribution in [2.45, 2.75) is 72.3 Å². The highest BCUT2D eigenvalue weighted by atomic mass is 28.4. The van der Waals surface area contributed by atoms with E-state index in [-0.39, 0.29) is 24.2 Å². The molecule has 0 radical (unpaired) electrons. The minimum atomic E-state index is -2.74. The number of carbonyl (C=O) groups excluding carboxylic acids is 1. The Labute approximate surface area is 130 Å². The van der Waals surface area contributed by atoms with E-state index in [1.54, 1.807) is 0 Å². The topological polar surface area (TPSA) is 56.8 Å². The molecule has 5 nitrogen and oxygen atoms in total. The second-order valence-electron chi connectivity index (χ2n) is 5.78. The highest BCUT2D eigenvalue weighted by Crippen LogP contribution is 2.23. The number of rotatable bonds is 11. The standard InChI is InChI=1S/C15H31NO4Si/c1-8-15(17)16-10-9-11-21(18-12(2)3,19-13(4)5)20-14(6)7/h8,12-14H,1,9-11H2,2-7H3,(H,16,17). The van der Waals surface area contributed by atoms with Gasteiger partial charge in [0, 0.05) is 30.9 Å². The van der Waals surface area contributed by atoms with Gasteiger partial charge in [0.2, 0.25) is 5.91 Å². The summed E-state index contributed by atoms with van der Waals surface area (Å²) in [6, 6.07) is 0.680. The molecule has 0 aliphatic rings. The van der Waals surface area contributed by atoms with Gasteiger partial charge >= 0.3 is 8.80 Å². The molecule has 1 amide bonds. The fourth-order valence-corrected chi connectivity index (χ4v) is 5.21. The van der Waals surface area contributed by atoms with Gasteiger partial charge in [0.1, 0.15) is 0 Å². The van der Waals surface area contributed by atoms with Gasteiger partial charge in [-0.05, 0) is 54.0 Å². The third-order valence-electron chi connectivity index (χ3n) is 2.39. The first-order valence-electron chi connectivity index (χ1n) is 7.64. The smallest absolute Gasteiger partial charge is 0.371 e. The Kier molecular flexibility index (Phi) is 9.77. The van der Waals surface area contributed by atoms with Crippen LogP contribution >= 0.6 is 0 Å². The second kappa shape index (κ2) is 10.1. The first kappa shape index (κ1) is 20.3. The Morgan fingerprint density at radius 3 is 1.81 bits per heavy atom. The quantitative estimate of drug-likeness (QED) is 0.362. The Morgan fingerprint density at radius 2 is 1.48 bits per heavy atom. The van der Waals surface area contributed by atoms with Crippen molar-refractivity contribution in [1.82, 2.24) is 5.32 Å². The minimum Gasteiger partial charge on any atom is -0.371 e. The number of carbonyl (C=O) groups is 1. The molecular formula is C15H31NO4Si. The van der Waals surface area contributed by atoms with Crippen molar-refractivity contribution in [3.63, 3.8) is 0 Å². The van der Waals surface area contributed by atoms with Crippen LogP contribution in [-0.4, -0.2) is 39.6 Å². The molecule has 0 unspecified atom stereocenters. The summed E-state index contributed by atoms with van der Waals surface area (Å²) in [5.41, 5.74) is 0. The average Bonchev–Trinajstić information content (AvgIpc) is 2.31. The lowest BCUT2D eigenvalue weighted by Crippen LogP contribution is -2.51. The zero-order valence-electron chi connectivity index (χ0n) is 14.3. The van der Waals surface area contributed by atoms with E-state index in [2.05, 4.69) is 11.9 Å². The van der Waals surface area contributed by atoms with Gasteiger partial charge in [-0.2, -0.15) is 0 Å². The van der Waals surface area contributed by atoms with Crippen LogP contribution in [0.4, 0.5) is 0 Å². The Balaban J connectivity index is 4.72. The molecule has 0 aliphatic heterocycles. The Morgan fingerprint density at radius 1 is 1.05 bits per heavy atom. The molecule has 0 saturated carbocycles. The van der Waals surface area contributed by atoms with Crippen molar-refractivity contribution in [3.05, 3.63) is 12.7 Å². The van der Waals surface area contributed by atoms with Gasteiger partial charge in [-0.15, -0.1) is 0 Å². The van der Waals surface area contributed by atoms with Crippen LogP contribution in [0, 0.1) is 0 Å². The lowest BCUT2D eigenvalue weighted by molar-refractivity contribution is -0.116. The fraction of sp³-hybridized carbons (Fsp3) is 0.800. The van der Waals surface area contributed by atoms with E-state index in [1.807, 2.05) is 41.5 Å². The van der Waals surface area contributed by atoms with Crippen LogP contribution < -0.4 is 5.32 Å². The molecule has 1 N–H and O–H groups in total. The largest absolute Gasteiger partial charge is 0.501 e. The van der Waals surface area contributed by atoms with Crippen LogP contribution in [-0.2, 0) is 18.1 Å². The number of nitrogens with one attached hydrogen (secondary N) is 1. The average molecular weight is 318 g/mol. The molecule has 0 bridgehead atoms. The van der Waals surface area contributed by atoms with Gasteiger partial charge in [-0.1, -0.05) is 6.58 Å². The fourth-order valence-electron chi connectivity index (χ4n) is 1.93. The molecular weight excluding hydrogens is 286 g/mol.